The van der Waals surface area contributed by atoms with Crippen molar-refractivity contribution in [3.05, 3.63) is 41.6 Å². The molecule has 1 aromatic rings. The minimum atomic E-state index is -0.276. The summed E-state index contributed by atoms with van der Waals surface area (Å²) in [4.78, 5) is 26.1. The molecule has 1 aliphatic heterocycles. The van der Waals surface area contributed by atoms with Crippen molar-refractivity contribution in [3.8, 4) is 0 Å². The Kier molecular flexibility index (Phi) is 4.25. The second-order valence-corrected chi connectivity index (χ2v) is 6.85. The van der Waals surface area contributed by atoms with E-state index in [-0.39, 0.29) is 17.2 Å². The van der Waals surface area contributed by atoms with E-state index in [4.69, 9.17) is 0 Å². The number of amides is 2. The molecule has 116 valence electrons. The van der Waals surface area contributed by atoms with Crippen molar-refractivity contribution in [2.45, 2.75) is 44.7 Å². The van der Waals surface area contributed by atoms with Gasteiger partial charge in [-0.05, 0) is 49.2 Å². The van der Waals surface area contributed by atoms with Crippen molar-refractivity contribution in [3.63, 3.8) is 0 Å². The third-order valence-electron chi connectivity index (χ3n) is 4.35. The molecule has 2 aliphatic rings. The summed E-state index contributed by atoms with van der Waals surface area (Å²) in [6, 6.07) is 2.31. The van der Waals surface area contributed by atoms with Crippen LogP contribution in [-0.4, -0.2) is 26.7 Å². The lowest BCUT2D eigenvalue weighted by Gasteiger charge is -2.17. The monoisotopic (exact) mass is 316 g/mol. The van der Waals surface area contributed by atoms with Crippen molar-refractivity contribution < 1.29 is 9.59 Å². The second-order valence-electron chi connectivity index (χ2n) is 5.86. The van der Waals surface area contributed by atoms with Crippen LogP contribution < -0.4 is 0 Å². The normalized spacial score (nSPS) is 22.8. The predicted molar refractivity (Wildman–Crippen MR) is 89.4 cm³/mol. The van der Waals surface area contributed by atoms with Gasteiger partial charge in [-0.25, -0.2) is 0 Å². The van der Waals surface area contributed by atoms with Crippen LogP contribution in [0.1, 0.15) is 44.2 Å². The molecule has 3 rings (SSSR count). The Balaban J connectivity index is 1.79. The molecule has 2 heterocycles. The maximum absolute atomic E-state index is 12.3. The van der Waals surface area contributed by atoms with Crippen LogP contribution in [0, 0.1) is 0 Å². The Morgan fingerprint density at radius 3 is 2.77 bits per heavy atom. The molecule has 0 bridgehead atoms. The number of hydrogen-bond donors (Lipinski definition) is 0. The molecule has 22 heavy (non-hydrogen) atoms. The highest BCUT2D eigenvalue weighted by atomic mass is 32.2. The van der Waals surface area contributed by atoms with E-state index >= 15 is 0 Å². The van der Waals surface area contributed by atoms with Crippen LogP contribution in [0.25, 0.3) is 6.08 Å². The summed E-state index contributed by atoms with van der Waals surface area (Å²) in [5.41, 5.74) is 0.976. The highest BCUT2D eigenvalue weighted by Gasteiger charge is 2.37. The molecular formula is C17H20N2O2S. The van der Waals surface area contributed by atoms with E-state index in [1.807, 2.05) is 12.1 Å². The number of carbonyl (C=O) groups excluding carboxylic acids is 2. The molecular weight excluding hydrogens is 296 g/mol. The number of imide groups is 1. The average molecular weight is 316 g/mol. The van der Waals surface area contributed by atoms with Crippen LogP contribution >= 0.6 is 11.8 Å². The van der Waals surface area contributed by atoms with Crippen LogP contribution in [0.2, 0.25) is 0 Å². The molecule has 5 heteroatoms. The number of aromatic nitrogens is 1. The lowest BCUT2D eigenvalue weighted by molar-refractivity contribution is -0.123. The van der Waals surface area contributed by atoms with E-state index in [0.717, 1.165) is 17.3 Å². The SMILES string of the molecule is C=CC(C)N1C(=O)S/C(=C/c2ccn(C3CCCC3)c2)C1=O. The molecule has 2 fully saturated rings. The molecule has 1 saturated heterocycles. The van der Waals surface area contributed by atoms with Crippen molar-refractivity contribution in [1.29, 1.82) is 0 Å². The first kappa shape index (κ1) is 15.2. The molecule has 1 saturated carbocycles. The first-order valence-electron chi connectivity index (χ1n) is 7.67. The summed E-state index contributed by atoms with van der Waals surface area (Å²) >= 11 is 1.00. The lowest BCUT2D eigenvalue weighted by Crippen LogP contribution is -2.35. The quantitative estimate of drug-likeness (QED) is 0.617. The zero-order valence-corrected chi connectivity index (χ0v) is 13.5. The summed E-state index contributed by atoms with van der Waals surface area (Å²) < 4.78 is 2.23. The molecule has 0 N–H and O–H groups in total. The van der Waals surface area contributed by atoms with Gasteiger partial charge in [0.2, 0.25) is 0 Å². The Morgan fingerprint density at radius 2 is 2.09 bits per heavy atom. The number of rotatable bonds is 4. The van der Waals surface area contributed by atoms with Gasteiger partial charge in [0.1, 0.15) is 0 Å². The smallest absolute Gasteiger partial charge is 0.294 e. The van der Waals surface area contributed by atoms with Gasteiger partial charge in [-0.2, -0.15) is 0 Å². The fourth-order valence-electron chi connectivity index (χ4n) is 3.03. The predicted octanol–water partition coefficient (Wildman–Crippen LogP) is 4.21. The van der Waals surface area contributed by atoms with Gasteiger partial charge in [-0.3, -0.25) is 14.5 Å². The summed E-state index contributed by atoms with van der Waals surface area (Å²) in [7, 11) is 0. The molecule has 4 nitrogen and oxygen atoms in total. The van der Waals surface area contributed by atoms with Crippen molar-refractivity contribution in [1.82, 2.24) is 9.47 Å². The second kappa shape index (κ2) is 6.16. The van der Waals surface area contributed by atoms with Gasteiger partial charge < -0.3 is 4.57 Å². The molecule has 0 aromatic carbocycles. The molecule has 1 atom stereocenters. The Bertz CT molecular complexity index is 641. The summed E-state index contributed by atoms with van der Waals surface area (Å²) in [5.74, 6) is -0.226. The summed E-state index contributed by atoms with van der Waals surface area (Å²) in [6.45, 7) is 5.45. The minimum Gasteiger partial charge on any atom is -0.351 e. The maximum Gasteiger partial charge on any atom is 0.294 e. The van der Waals surface area contributed by atoms with Crippen LogP contribution in [-0.2, 0) is 4.79 Å². The minimum absolute atomic E-state index is 0.223. The van der Waals surface area contributed by atoms with Gasteiger partial charge in [-0.15, -0.1) is 6.58 Å². The molecule has 1 unspecified atom stereocenters. The molecule has 0 spiro atoms. The Labute approximate surface area is 134 Å². The van der Waals surface area contributed by atoms with E-state index in [2.05, 4.69) is 23.5 Å². The highest BCUT2D eigenvalue weighted by molar-refractivity contribution is 8.18. The molecule has 0 radical (unpaired) electrons. The number of nitrogens with zero attached hydrogens (tertiary/aromatic N) is 2. The lowest BCUT2D eigenvalue weighted by atomic mass is 10.2. The van der Waals surface area contributed by atoms with Crippen LogP contribution in [0.3, 0.4) is 0 Å². The molecule has 2 amide bonds. The van der Waals surface area contributed by atoms with E-state index in [9.17, 15) is 9.59 Å². The fourth-order valence-corrected chi connectivity index (χ4v) is 3.95. The largest absolute Gasteiger partial charge is 0.351 e. The zero-order chi connectivity index (χ0) is 15.7. The van der Waals surface area contributed by atoms with Crippen molar-refractivity contribution in [2.75, 3.05) is 0 Å². The first-order chi connectivity index (χ1) is 10.6. The van der Waals surface area contributed by atoms with Gasteiger partial charge >= 0.3 is 0 Å². The zero-order valence-electron chi connectivity index (χ0n) is 12.7. The Morgan fingerprint density at radius 1 is 1.36 bits per heavy atom. The van der Waals surface area contributed by atoms with Gasteiger partial charge in [-0.1, -0.05) is 18.9 Å². The van der Waals surface area contributed by atoms with Gasteiger partial charge in [0.25, 0.3) is 11.1 Å². The molecule has 1 aromatic heterocycles. The van der Waals surface area contributed by atoms with E-state index in [0.29, 0.717) is 10.9 Å². The van der Waals surface area contributed by atoms with E-state index in [1.54, 1.807) is 13.0 Å². The summed E-state index contributed by atoms with van der Waals surface area (Å²) in [5, 5.41) is -0.223. The van der Waals surface area contributed by atoms with Gasteiger partial charge in [0, 0.05) is 18.4 Å². The highest BCUT2D eigenvalue weighted by Crippen LogP contribution is 2.34. The third-order valence-corrected chi connectivity index (χ3v) is 5.24. The Hall–Kier alpha value is -1.75. The average Bonchev–Trinajstić information content (AvgIpc) is 3.21. The van der Waals surface area contributed by atoms with Gasteiger partial charge in [0.15, 0.2) is 0 Å². The van der Waals surface area contributed by atoms with E-state index in [1.165, 1.54) is 30.6 Å². The van der Waals surface area contributed by atoms with Crippen molar-refractivity contribution >= 4 is 29.0 Å². The standard InChI is InChI=1S/C17H20N2O2S/c1-3-12(2)19-16(20)15(22-17(19)21)10-13-8-9-18(11-13)14-6-4-5-7-14/h3,8-12,14H,1,4-7H2,2H3/b15-10+. The van der Waals surface area contributed by atoms with E-state index < -0.39 is 0 Å². The number of carbonyl (C=O) groups is 2. The molecule has 1 aliphatic carbocycles. The first-order valence-corrected chi connectivity index (χ1v) is 8.49. The maximum atomic E-state index is 12.3. The van der Waals surface area contributed by atoms with Crippen molar-refractivity contribution in [2.24, 2.45) is 0 Å². The number of hydrogen-bond acceptors (Lipinski definition) is 3. The summed E-state index contributed by atoms with van der Waals surface area (Å²) in [6.07, 6.45) is 12.6. The van der Waals surface area contributed by atoms with Gasteiger partial charge in [0.05, 0.1) is 10.9 Å². The van der Waals surface area contributed by atoms with Crippen LogP contribution in [0.5, 0.6) is 0 Å². The third kappa shape index (κ3) is 2.77. The fraction of sp³-hybridized carbons (Fsp3) is 0.412. The van der Waals surface area contributed by atoms with Crippen LogP contribution in [0.4, 0.5) is 4.79 Å². The topological polar surface area (TPSA) is 42.3 Å². The van der Waals surface area contributed by atoms with Crippen LogP contribution in [0.15, 0.2) is 36.0 Å². The number of thioether (sulfide) groups is 1.